The predicted octanol–water partition coefficient (Wildman–Crippen LogP) is 2.71. The first-order chi connectivity index (χ1) is 10.4. The largest absolute Gasteiger partial charge is 0.444 e. The van der Waals surface area contributed by atoms with Gasteiger partial charge in [0, 0.05) is 26.2 Å². The van der Waals surface area contributed by atoms with E-state index in [2.05, 4.69) is 4.98 Å². The van der Waals surface area contributed by atoms with Crippen LogP contribution in [0.15, 0.2) is 29.4 Å². The second-order valence-corrected chi connectivity index (χ2v) is 7.98. The highest BCUT2D eigenvalue weighted by molar-refractivity contribution is 7.92. The molecule has 0 saturated heterocycles. The number of rotatable bonds is 5. The number of carbonyl (C=O) groups is 1. The maximum atomic E-state index is 14.0. The molecule has 0 spiro atoms. The Morgan fingerprint density at radius 3 is 2.39 bits per heavy atom. The lowest BCUT2D eigenvalue weighted by Gasteiger charge is -2.25. The second kappa shape index (κ2) is 6.77. The van der Waals surface area contributed by atoms with Gasteiger partial charge in [0.05, 0.1) is 0 Å². The number of carbonyl (C=O) groups excluding carboxylic acids is 1. The molecule has 0 radical (unpaired) electrons. The smallest absolute Gasteiger partial charge is 0.410 e. The first-order valence-electron chi connectivity index (χ1n) is 6.84. The van der Waals surface area contributed by atoms with Crippen LogP contribution in [-0.2, 0) is 14.6 Å². The molecule has 23 heavy (non-hydrogen) atoms. The van der Waals surface area contributed by atoms with Crippen molar-refractivity contribution in [2.45, 2.75) is 43.1 Å². The SMILES string of the molecule is CN(CCC(F)(F)S(=O)(=O)c1ccccn1)C(=O)OC(C)(C)C. The summed E-state index contributed by atoms with van der Waals surface area (Å²) in [5, 5.41) is -4.75. The van der Waals surface area contributed by atoms with Gasteiger partial charge in [0.25, 0.3) is 9.84 Å². The summed E-state index contributed by atoms with van der Waals surface area (Å²) in [6, 6.07) is 3.73. The number of alkyl halides is 2. The molecule has 130 valence electrons. The van der Waals surface area contributed by atoms with Crippen LogP contribution < -0.4 is 0 Å². The highest BCUT2D eigenvalue weighted by Gasteiger charge is 2.46. The molecule has 1 aromatic rings. The number of hydrogen-bond donors (Lipinski definition) is 0. The third-order valence-corrected chi connectivity index (χ3v) is 4.53. The van der Waals surface area contributed by atoms with Crippen LogP contribution >= 0.6 is 0 Å². The number of ether oxygens (including phenoxy) is 1. The van der Waals surface area contributed by atoms with Gasteiger partial charge in [-0.15, -0.1) is 0 Å². The third kappa shape index (κ3) is 5.12. The van der Waals surface area contributed by atoms with Crippen LogP contribution in [0.3, 0.4) is 0 Å². The molecule has 1 aromatic heterocycles. The van der Waals surface area contributed by atoms with Crippen molar-refractivity contribution in [3.05, 3.63) is 24.4 Å². The van der Waals surface area contributed by atoms with Crippen molar-refractivity contribution in [3.63, 3.8) is 0 Å². The van der Waals surface area contributed by atoms with E-state index >= 15 is 0 Å². The van der Waals surface area contributed by atoms with E-state index in [1.807, 2.05) is 0 Å². The highest BCUT2D eigenvalue weighted by Crippen LogP contribution is 2.31. The van der Waals surface area contributed by atoms with Crippen LogP contribution in [0, 0.1) is 0 Å². The summed E-state index contributed by atoms with van der Waals surface area (Å²) in [6.07, 6.45) is -0.735. The Hall–Kier alpha value is -1.77. The van der Waals surface area contributed by atoms with Gasteiger partial charge >= 0.3 is 11.3 Å². The summed E-state index contributed by atoms with van der Waals surface area (Å²) in [4.78, 5) is 16.1. The lowest BCUT2D eigenvalue weighted by molar-refractivity contribution is 0.0222. The topological polar surface area (TPSA) is 76.6 Å². The summed E-state index contributed by atoms with van der Waals surface area (Å²) >= 11 is 0. The Kier molecular flexibility index (Phi) is 5.68. The fourth-order valence-electron chi connectivity index (χ4n) is 1.52. The number of nitrogens with zero attached hydrogens (tertiary/aromatic N) is 2. The highest BCUT2D eigenvalue weighted by atomic mass is 32.2. The predicted molar refractivity (Wildman–Crippen MR) is 79.9 cm³/mol. The molecule has 0 aliphatic heterocycles. The van der Waals surface area contributed by atoms with Crippen LogP contribution in [0.2, 0.25) is 0 Å². The number of sulfone groups is 1. The molecule has 6 nitrogen and oxygen atoms in total. The summed E-state index contributed by atoms with van der Waals surface area (Å²) < 4.78 is 56.9. The molecule has 0 aliphatic rings. The van der Waals surface area contributed by atoms with Crippen molar-refractivity contribution in [2.75, 3.05) is 13.6 Å². The first kappa shape index (κ1) is 19.3. The van der Waals surface area contributed by atoms with Crippen LogP contribution in [0.4, 0.5) is 13.6 Å². The molecule has 0 aliphatic carbocycles. The van der Waals surface area contributed by atoms with Crippen molar-refractivity contribution in [2.24, 2.45) is 0 Å². The fraction of sp³-hybridized carbons (Fsp3) is 0.571. The molecule has 1 amide bonds. The van der Waals surface area contributed by atoms with Gasteiger partial charge in [-0.1, -0.05) is 6.07 Å². The number of pyridine rings is 1. The van der Waals surface area contributed by atoms with Gasteiger partial charge in [-0.05, 0) is 32.9 Å². The van der Waals surface area contributed by atoms with Crippen LogP contribution in [0.1, 0.15) is 27.2 Å². The molecule has 0 fully saturated rings. The lowest BCUT2D eigenvalue weighted by atomic mass is 10.2. The minimum Gasteiger partial charge on any atom is -0.444 e. The third-order valence-electron chi connectivity index (χ3n) is 2.75. The molecule has 1 heterocycles. The minimum atomic E-state index is -4.92. The van der Waals surface area contributed by atoms with Crippen molar-refractivity contribution in [1.82, 2.24) is 9.88 Å². The van der Waals surface area contributed by atoms with Gasteiger partial charge < -0.3 is 9.64 Å². The van der Waals surface area contributed by atoms with Crippen LogP contribution in [0.5, 0.6) is 0 Å². The Morgan fingerprint density at radius 1 is 1.30 bits per heavy atom. The number of hydrogen-bond acceptors (Lipinski definition) is 5. The minimum absolute atomic E-state index is 0.478. The molecule has 0 bridgehead atoms. The molecule has 0 unspecified atom stereocenters. The van der Waals surface area contributed by atoms with Gasteiger partial charge in [-0.2, -0.15) is 8.78 Å². The maximum Gasteiger partial charge on any atom is 0.410 e. The van der Waals surface area contributed by atoms with Gasteiger partial charge in [0.2, 0.25) is 0 Å². The van der Waals surface area contributed by atoms with E-state index < -0.39 is 44.8 Å². The van der Waals surface area contributed by atoms with Crippen molar-refractivity contribution >= 4 is 15.9 Å². The molecule has 9 heteroatoms. The zero-order valence-electron chi connectivity index (χ0n) is 13.4. The van der Waals surface area contributed by atoms with Gasteiger partial charge in [-0.25, -0.2) is 18.2 Å². The quantitative estimate of drug-likeness (QED) is 0.816. The van der Waals surface area contributed by atoms with Crippen molar-refractivity contribution in [1.29, 1.82) is 0 Å². The molecule has 0 saturated carbocycles. The molecule has 1 rings (SSSR count). The monoisotopic (exact) mass is 350 g/mol. The van der Waals surface area contributed by atoms with E-state index in [9.17, 15) is 22.0 Å². The molecule has 0 N–H and O–H groups in total. The summed E-state index contributed by atoms with van der Waals surface area (Å²) in [7, 11) is -3.66. The van der Waals surface area contributed by atoms with Gasteiger partial charge in [0.15, 0.2) is 5.03 Å². The maximum absolute atomic E-state index is 14.0. The number of amides is 1. The first-order valence-corrected chi connectivity index (χ1v) is 8.33. The second-order valence-electron chi connectivity index (χ2n) is 5.96. The summed E-state index contributed by atoms with van der Waals surface area (Å²) in [5.74, 6) is 0. The van der Waals surface area contributed by atoms with Gasteiger partial charge in [0.1, 0.15) is 5.60 Å². The Balaban J connectivity index is 2.78. The average molecular weight is 350 g/mol. The Morgan fingerprint density at radius 2 is 1.91 bits per heavy atom. The normalized spacial score (nSPS) is 12.8. The van der Waals surface area contributed by atoms with Crippen molar-refractivity contribution in [3.8, 4) is 0 Å². The molecule has 0 atom stereocenters. The van der Waals surface area contributed by atoms with E-state index in [-0.39, 0.29) is 0 Å². The van der Waals surface area contributed by atoms with Crippen LogP contribution in [0.25, 0.3) is 0 Å². The van der Waals surface area contributed by atoms with Crippen LogP contribution in [-0.4, -0.2) is 48.8 Å². The zero-order chi connectivity index (χ0) is 17.9. The average Bonchev–Trinajstić information content (AvgIpc) is 2.43. The van der Waals surface area contributed by atoms with E-state index in [1.165, 1.54) is 19.2 Å². The Labute approximate surface area is 134 Å². The summed E-state index contributed by atoms with van der Waals surface area (Å²) in [6.45, 7) is 4.44. The van der Waals surface area contributed by atoms with E-state index in [4.69, 9.17) is 4.74 Å². The van der Waals surface area contributed by atoms with E-state index in [1.54, 1.807) is 20.8 Å². The fourth-order valence-corrected chi connectivity index (χ4v) is 2.65. The van der Waals surface area contributed by atoms with Crippen molar-refractivity contribution < 1.29 is 26.7 Å². The number of halogens is 2. The molecular weight excluding hydrogens is 330 g/mol. The standard InChI is InChI=1S/C14H20F2N2O4S/c1-13(2,3)22-12(19)18(4)10-8-14(15,16)23(20,21)11-7-5-6-9-17-11/h5-7,9H,8,10H2,1-4H3. The van der Waals surface area contributed by atoms with E-state index in [0.717, 1.165) is 17.2 Å². The lowest BCUT2D eigenvalue weighted by Crippen LogP contribution is -2.38. The molecular formula is C14H20F2N2O4S. The van der Waals surface area contributed by atoms with Gasteiger partial charge in [-0.3, -0.25) is 0 Å². The number of aromatic nitrogens is 1. The molecule has 0 aromatic carbocycles. The zero-order valence-corrected chi connectivity index (χ0v) is 14.2. The van der Waals surface area contributed by atoms with E-state index in [0.29, 0.717) is 0 Å². The Bertz CT molecular complexity index is 642. The summed E-state index contributed by atoms with van der Waals surface area (Å²) in [5.41, 5.74) is -0.770.